The van der Waals surface area contributed by atoms with Crippen LogP contribution in [0, 0.1) is 12.8 Å². The summed E-state index contributed by atoms with van der Waals surface area (Å²) in [6.45, 7) is 7.01. The van der Waals surface area contributed by atoms with Crippen LogP contribution in [-0.4, -0.2) is 18.4 Å². The van der Waals surface area contributed by atoms with Gasteiger partial charge in [0.25, 0.3) is 0 Å². The molecule has 1 aliphatic heterocycles. The third kappa shape index (κ3) is 4.34. The first-order valence-electron chi connectivity index (χ1n) is 8.78. The maximum Gasteiger partial charge on any atom is 0.227 e. The Morgan fingerprint density at radius 3 is 2.48 bits per heavy atom. The summed E-state index contributed by atoms with van der Waals surface area (Å²) in [4.78, 5) is 26.1. The monoisotopic (exact) mass is 316 g/mol. The van der Waals surface area contributed by atoms with Gasteiger partial charge in [0, 0.05) is 30.3 Å². The summed E-state index contributed by atoms with van der Waals surface area (Å²) in [7, 11) is 0. The first-order chi connectivity index (χ1) is 11.1. The van der Waals surface area contributed by atoms with Crippen LogP contribution in [0.3, 0.4) is 0 Å². The molecule has 1 aromatic carbocycles. The van der Waals surface area contributed by atoms with Gasteiger partial charge in [-0.15, -0.1) is 0 Å². The van der Waals surface area contributed by atoms with Crippen LogP contribution in [0.5, 0.6) is 0 Å². The van der Waals surface area contributed by atoms with Crippen molar-refractivity contribution >= 4 is 23.2 Å². The second-order valence-corrected chi connectivity index (χ2v) is 6.41. The predicted octanol–water partition coefficient (Wildman–Crippen LogP) is 4.28. The average molecular weight is 316 g/mol. The molecule has 1 saturated heterocycles. The molecule has 0 bridgehead atoms. The lowest BCUT2D eigenvalue weighted by Crippen LogP contribution is -2.25. The second-order valence-electron chi connectivity index (χ2n) is 6.41. The van der Waals surface area contributed by atoms with Crippen molar-refractivity contribution in [3.63, 3.8) is 0 Å². The van der Waals surface area contributed by atoms with Gasteiger partial charge in [-0.25, -0.2) is 0 Å². The molecule has 0 aromatic heterocycles. The van der Waals surface area contributed by atoms with Crippen molar-refractivity contribution in [3.8, 4) is 0 Å². The van der Waals surface area contributed by atoms with Crippen molar-refractivity contribution in [2.24, 2.45) is 5.92 Å². The standard InChI is InChI=1S/C19H28N2O2/c1-4-7-15(8-5-2)19(23)20-16-10-11-17(14(3)13-16)21-12-6-9-18(21)22/h10-11,13,15H,4-9,12H2,1-3H3,(H,20,23). The van der Waals surface area contributed by atoms with Gasteiger partial charge in [0.05, 0.1) is 0 Å². The van der Waals surface area contributed by atoms with E-state index in [1.807, 2.05) is 30.0 Å². The Balaban J connectivity index is 2.07. The van der Waals surface area contributed by atoms with E-state index in [0.29, 0.717) is 6.42 Å². The molecule has 0 unspecified atom stereocenters. The van der Waals surface area contributed by atoms with Crippen molar-refractivity contribution in [3.05, 3.63) is 23.8 Å². The molecule has 0 atom stereocenters. The number of nitrogens with one attached hydrogen (secondary N) is 1. The van der Waals surface area contributed by atoms with E-state index in [9.17, 15) is 9.59 Å². The summed E-state index contributed by atoms with van der Waals surface area (Å²) in [6, 6.07) is 5.82. The van der Waals surface area contributed by atoms with Crippen LogP contribution >= 0.6 is 0 Å². The van der Waals surface area contributed by atoms with E-state index in [2.05, 4.69) is 19.2 Å². The van der Waals surface area contributed by atoms with E-state index in [0.717, 1.165) is 55.6 Å². The van der Waals surface area contributed by atoms with Gasteiger partial charge in [0.2, 0.25) is 11.8 Å². The Labute approximate surface area is 139 Å². The van der Waals surface area contributed by atoms with Crippen molar-refractivity contribution < 1.29 is 9.59 Å². The van der Waals surface area contributed by atoms with Gasteiger partial charge in [-0.1, -0.05) is 26.7 Å². The number of hydrogen-bond donors (Lipinski definition) is 1. The smallest absolute Gasteiger partial charge is 0.227 e. The van der Waals surface area contributed by atoms with Crippen LogP contribution in [0.2, 0.25) is 0 Å². The zero-order chi connectivity index (χ0) is 16.8. The summed E-state index contributed by atoms with van der Waals surface area (Å²) >= 11 is 0. The van der Waals surface area contributed by atoms with Crippen molar-refractivity contribution in [2.75, 3.05) is 16.8 Å². The zero-order valence-corrected chi connectivity index (χ0v) is 14.5. The van der Waals surface area contributed by atoms with E-state index in [-0.39, 0.29) is 17.7 Å². The quantitative estimate of drug-likeness (QED) is 0.816. The minimum absolute atomic E-state index is 0.0881. The summed E-state index contributed by atoms with van der Waals surface area (Å²) in [5.41, 5.74) is 2.81. The zero-order valence-electron chi connectivity index (χ0n) is 14.5. The van der Waals surface area contributed by atoms with Gasteiger partial charge in [0.1, 0.15) is 0 Å². The molecule has 126 valence electrons. The van der Waals surface area contributed by atoms with E-state index < -0.39 is 0 Å². The number of nitrogens with zero attached hydrogens (tertiary/aromatic N) is 1. The molecule has 1 aliphatic rings. The first kappa shape index (κ1) is 17.5. The number of amides is 2. The highest BCUT2D eigenvalue weighted by Gasteiger charge is 2.23. The van der Waals surface area contributed by atoms with Gasteiger partial charge in [-0.05, 0) is 49.9 Å². The van der Waals surface area contributed by atoms with E-state index in [4.69, 9.17) is 0 Å². The van der Waals surface area contributed by atoms with Crippen molar-refractivity contribution in [1.29, 1.82) is 0 Å². The summed E-state index contributed by atoms with van der Waals surface area (Å²) in [5, 5.41) is 3.04. The number of benzene rings is 1. The molecule has 1 aromatic rings. The molecule has 0 radical (unpaired) electrons. The van der Waals surface area contributed by atoms with E-state index >= 15 is 0 Å². The highest BCUT2D eigenvalue weighted by molar-refractivity contribution is 5.97. The molecule has 4 heteroatoms. The maximum atomic E-state index is 12.4. The molecule has 2 amide bonds. The molecule has 2 rings (SSSR count). The number of carbonyl (C=O) groups is 2. The highest BCUT2D eigenvalue weighted by Crippen LogP contribution is 2.28. The molecule has 4 nitrogen and oxygen atoms in total. The SMILES string of the molecule is CCCC(CCC)C(=O)Nc1ccc(N2CCCC2=O)c(C)c1. The lowest BCUT2D eigenvalue weighted by atomic mass is 9.97. The number of carbonyl (C=O) groups excluding carboxylic acids is 2. The van der Waals surface area contributed by atoms with Crippen molar-refractivity contribution in [2.45, 2.75) is 59.3 Å². The van der Waals surface area contributed by atoms with Gasteiger partial charge in [-0.3, -0.25) is 9.59 Å². The Bertz CT molecular complexity index is 562. The molecule has 0 spiro atoms. The fourth-order valence-electron chi connectivity index (χ4n) is 3.29. The first-order valence-corrected chi connectivity index (χ1v) is 8.78. The molecule has 0 saturated carbocycles. The lowest BCUT2D eigenvalue weighted by molar-refractivity contribution is -0.120. The third-order valence-corrected chi connectivity index (χ3v) is 4.47. The number of aryl methyl sites for hydroxylation is 1. The van der Waals surface area contributed by atoms with Gasteiger partial charge in [0.15, 0.2) is 0 Å². The average Bonchev–Trinajstić information content (AvgIpc) is 2.93. The van der Waals surface area contributed by atoms with Crippen LogP contribution in [0.25, 0.3) is 0 Å². The molecule has 1 fully saturated rings. The largest absolute Gasteiger partial charge is 0.326 e. The van der Waals surface area contributed by atoms with Gasteiger partial charge in [-0.2, -0.15) is 0 Å². The fraction of sp³-hybridized carbons (Fsp3) is 0.579. The summed E-state index contributed by atoms with van der Waals surface area (Å²) in [6.07, 6.45) is 5.46. The molecular formula is C19H28N2O2. The highest BCUT2D eigenvalue weighted by atomic mass is 16.2. The Morgan fingerprint density at radius 2 is 1.96 bits per heavy atom. The normalized spacial score (nSPS) is 14.6. The fourth-order valence-corrected chi connectivity index (χ4v) is 3.29. The van der Waals surface area contributed by atoms with Crippen LogP contribution in [0.15, 0.2) is 18.2 Å². The minimum atomic E-state index is 0.0881. The van der Waals surface area contributed by atoms with Gasteiger partial charge < -0.3 is 10.2 Å². The van der Waals surface area contributed by atoms with Crippen LogP contribution in [0.4, 0.5) is 11.4 Å². The lowest BCUT2D eigenvalue weighted by Gasteiger charge is -2.20. The topological polar surface area (TPSA) is 49.4 Å². The van der Waals surface area contributed by atoms with Crippen LogP contribution in [-0.2, 0) is 9.59 Å². The maximum absolute atomic E-state index is 12.4. The third-order valence-electron chi connectivity index (χ3n) is 4.47. The number of hydrogen-bond acceptors (Lipinski definition) is 2. The Hall–Kier alpha value is -1.84. The van der Waals surface area contributed by atoms with E-state index in [1.54, 1.807) is 0 Å². The minimum Gasteiger partial charge on any atom is -0.326 e. The number of rotatable bonds is 7. The van der Waals surface area contributed by atoms with Crippen LogP contribution < -0.4 is 10.2 Å². The van der Waals surface area contributed by atoms with Crippen LogP contribution in [0.1, 0.15) is 57.9 Å². The number of anilines is 2. The Kier molecular flexibility index (Phi) is 6.20. The summed E-state index contributed by atoms with van der Waals surface area (Å²) in [5.74, 6) is 0.388. The molecular weight excluding hydrogens is 288 g/mol. The second kappa shape index (κ2) is 8.14. The van der Waals surface area contributed by atoms with E-state index in [1.165, 1.54) is 0 Å². The molecule has 23 heavy (non-hydrogen) atoms. The Morgan fingerprint density at radius 1 is 1.26 bits per heavy atom. The van der Waals surface area contributed by atoms with Crippen molar-refractivity contribution in [1.82, 2.24) is 0 Å². The molecule has 0 aliphatic carbocycles. The van der Waals surface area contributed by atoms with Gasteiger partial charge >= 0.3 is 0 Å². The molecule has 1 heterocycles. The molecule has 1 N–H and O–H groups in total. The summed E-state index contributed by atoms with van der Waals surface area (Å²) < 4.78 is 0. The predicted molar refractivity (Wildman–Crippen MR) is 94.7 cm³/mol.